The zero-order chi connectivity index (χ0) is 17.8. The molecule has 25 heavy (non-hydrogen) atoms. The summed E-state index contributed by atoms with van der Waals surface area (Å²) in [6.07, 6.45) is 0.385. The fourth-order valence-electron chi connectivity index (χ4n) is 2.80. The minimum Gasteiger partial charge on any atom is -0.345 e. The number of carbonyl (C=O) groups excluding carboxylic acids is 1. The van der Waals surface area contributed by atoms with E-state index in [0.29, 0.717) is 18.0 Å². The number of benzene rings is 1. The van der Waals surface area contributed by atoms with E-state index < -0.39 is 0 Å². The molecule has 0 bridgehead atoms. The van der Waals surface area contributed by atoms with Crippen LogP contribution in [0.25, 0.3) is 0 Å². The van der Waals surface area contributed by atoms with Gasteiger partial charge in [-0.3, -0.25) is 9.48 Å². The second-order valence-electron chi connectivity index (χ2n) is 6.01. The number of halogens is 1. The Kier molecular flexibility index (Phi) is 5.56. The number of hydrogen-bond donors (Lipinski definition) is 1. The maximum Gasteiger partial charge on any atom is 0.222 e. The van der Waals surface area contributed by atoms with Crippen LogP contribution in [0.3, 0.4) is 0 Å². The van der Waals surface area contributed by atoms with Crippen LogP contribution in [0.1, 0.15) is 35.0 Å². The number of hydrogen-bond acceptors (Lipinski definition) is 3. The Bertz CT molecular complexity index is 840. The third-order valence-electron chi connectivity index (χ3n) is 4.04. The number of rotatable bonds is 6. The first kappa shape index (κ1) is 17.7. The van der Waals surface area contributed by atoms with Gasteiger partial charge < -0.3 is 5.32 Å². The van der Waals surface area contributed by atoms with Gasteiger partial charge in [0, 0.05) is 23.7 Å². The molecule has 0 saturated carbocycles. The first-order chi connectivity index (χ1) is 12.0. The summed E-state index contributed by atoms with van der Waals surface area (Å²) >= 11 is 7.60. The van der Waals surface area contributed by atoms with Crippen molar-refractivity contribution in [2.45, 2.75) is 32.9 Å². The van der Waals surface area contributed by atoms with E-state index in [2.05, 4.69) is 15.8 Å². The van der Waals surface area contributed by atoms with E-state index in [0.717, 1.165) is 22.5 Å². The van der Waals surface area contributed by atoms with Crippen LogP contribution in [0.15, 0.2) is 47.2 Å². The lowest BCUT2D eigenvalue weighted by Crippen LogP contribution is -2.30. The summed E-state index contributed by atoms with van der Waals surface area (Å²) in [5.74, 6) is -0.00120. The molecule has 1 amide bonds. The smallest absolute Gasteiger partial charge is 0.222 e. The summed E-state index contributed by atoms with van der Waals surface area (Å²) in [6, 6.07) is 11.5. The van der Waals surface area contributed by atoms with Crippen LogP contribution in [0.5, 0.6) is 0 Å². The van der Waals surface area contributed by atoms with Crippen molar-refractivity contribution < 1.29 is 4.79 Å². The molecule has 0 radical (unpaired) electrons. The van der Waals surface area contributed by atoms with Crippen molar-refractivity contribution in [3.8, 4) is 0 Å². The van der Waals surface area contributed by atoms with E-state index in [1.807, 2.05) is 60.3 Å². The molecular formula is C19H20ClN3OS. The molecule has 6 heteroatoms. The molecule has 1 unspecified atom stereocenters. The zero-order valence-corrected chi connectivity index (χ0v) is 15.8. The van der Waals surface area contributed by atoms with Gasteiger partial charge in [-0.2, -0.15) is 16.4 Å². The summed E-state index contributed by atoms with van der Waals surface area (Å²) in [5, 5.41) is 12.3. The minimum atomic E-state index is -0.170. The molecule has 1 aromatic carbocycles. The van der Waals surface area contributed by atoms with Gasteiger partial charge in [-0.25, -0.2) is 0 Å². The van der Waals surface area contributed by atoms with Gasteiger partial charge in [-0.05, 0) is 60.0 Å². The Hall–Kier alpha value is -2.11. The number of aryl methyl sites for hydroxylation is 3. The summed E-state index contributed by atoms with van der Waals surface area (Å²) in [6.45, 7) is 4.53. The van der Waals surface area contributed by atoms with E-state index in [-0.39, 0.29) is 11.9 Å². The second-order valence-corrected chi connectivity index (χ2v) is 7.23. The third-order valence-corrected chi connectivity index (χ3v) is 4.99. The average molecular weight is 374 g/mol. The van der Waals surface area contributed by atoms with E-state index in [9.17, 15) is 4.79 Å². The van der Waals surface area contributed by atoms with Gasteiger partial charge in [0.25, 0.3) is 0 Å². The number of amides is 1. The van der Waals surface area contributed by atoms with Crippen LogP contribution in [0, 0.1) is 13.8 Å². The number of carbonyl (C=O) groups is 1. The van der Waals surface area contributed by atoms with Crippen molar-refractivity contribution in [2.75, 3.05) is 0 Å². The standard InChI is InChI=1S/C19H20ClN3OS/c1-13-11-14(2)23(22-13)9-7-18(24)21-19(16-8-10-25-12-16)15-3-5-17(20)6-4-15/h3-6,8,10-12,19H,7,9H2,1-2H3,(H,21,24). The lowest BCUT2D eigenvalue weighted by atomic mass is 10.0. The van der Waals surface area contributed by atoms with Crippen LogP contribution >= 0.6 is 22.9 Å². The Morgan fingerprint density at radius 2 is 2.00 bits per heavy atom. The van der Waals surface area contributed by atoms with Crippen molar-refractivity contribution in [2.24, 2.45) is 0 Å². The summed E-state index contributed by atoms with van der Waals surface area (Å²) < 4.78 is 1.87. The Morgan fingerprint density at radius 3 is 2.60 bits per heavy atom. The highest BCUT2D eigenvalue weighted by Crippen LogP contribution is 2.25. The van der Waals surface area contributed by atoms with Crippen molar-refractivity contribution >= 4 is 28.8 Å². The van der Waals surface area contributed by atoms with Crippen molar-refractivity contribution in [1.82, 2.24) is 15.1 Å². The average Bonchev–Trinajstić information content (AvgIpc) is 3.21. The molecule has 0 aliphatic heterocycles. The molecular weight excluding hydrogens is 354 g/mol. The van der Waals surface area contributed by atoms with Crippen LogP contribution in [-0.2, 0) is 11.3 Å². The Balaban J connectivity index is 1.70. The van der Waals surface area contributed by atoms with E-state index in [1.165, 1.54) is 0 Å². The molecule has 130 valence electrons. The van der Waals surface area contributed by atoms with Crippen LogP contribution in [-0.4, -0.2) is 15.7 Å². The SMILES string of the molecule is Cc1cc(C)n(CCC(=O)NC(c2ccc(Cl)cc2)c2ccsc2)n1. The van der Waals surface area contributed by atoms with Crippen LogP contribution < -0.4 is 5.32 Å². The zero-order valence-electron chi connectivity index (χ0n) is 14.2. The Morgan fingerprint density at radius 1 is 1.24 bits per heavy atom. The topological polar surface area (TPSA) is 46.9 Å². The number of thiophene rings is 1. The molecule has 3 aromatic rings. The van der Waals surface area contributed by atoms with E-state index in [1.54, 1.807) is 11.3 Å². The van der Waals surface area contributed by atoms with Crippen LogP contribution in [0.2, 0.25) is 5.02 Å². The van der Waals surface area contributed by atoms with Gasteiger partial charge in [0.15, 0.2) is 0 Å². The molecule has 1 atom stereocenters. The van der Waals surface area contributed by atoms with Gasteiger partial charge in [-0.1, -0.05) is 23.7 Å². The maximum atomic E-state index is 12.5. The lowest BCUT2D eigenvalue weighted by Gasteiger charge is -2.19. The first-order valence-corrected chi connectivity index (χ1v) is 9.43. The first-order valence-electron chi connectivity index (χ1n) is 8.11. The van der Waals surface area contributed by atoms with Gasteiger partial charge in [0.05, 0.1) is 11.7 Å². The van der Waals surface area contributed by atoms with Gasteiger partial charge in [0.2, 0.25) is 5.91 Å². The molecule has 2 heterocycles. The Labute approximate surface area is 156 Å². The van der Waals surface area contributed by atoms with Crippen molar-refractivity contribution in [3.05, 3.63) is 74.7 Å². The predicted molar refractivity (Wildman–Crippen MR) is 102 cm³/mol. The minimum absolute atomic E-state index is 0.00120. The quantitative estimate of drug-likeness (QED) is 0.691. The molecule has 3 rings (SSSR count). The summed E-state index contributed by atoms with van der Waals surface area (Å²) in [5.41, 5.74) is 4.13. The predicted octanol–water partition coefficient (Wildman–Crippen LogP) is 4.51. The molecule has 0 spiro atoms. The van der Waals surface area contributed by atoms with E-state index in [4.69, 9.17) is 11.6 Å². The fraction of sp³-hybridized carbons (Fsp3) is 0.263. The molecule has 1 N–H and O–H groups in total. The number of nitrogens with zero attached hydrogens (tertiary/aromatic N) is 2. The third kappa shape index (κ3) is 4.50. The van der Waals surface area contributed by atoms with Crippen molar-refractivity contribution in [3.63, 3.8) is 0 Å². The van der Waals surface area contributed by atoms with Gasteiger partial charge >= 0.3 is 0 Å². The number of aromatic nitrogens is 2. The molecule has 2 aromatic heterocycles. The summed E-state index contributed by atoms with van der Waals surface area (Å²) in [4.78, 5) is 12.5. The molecule has 0 aliphatic rings. The van der Waals surface area contributed by atoms with Crippen molar-refractivity contribution in [1.29, 1.82) is 0 Å². The highest BCUT2D eigenvalue weighted by atomic mass is 35.5. The highest BCUT2D eigenvalue weighted by Gasteiger charge is 2.17. The van der Waals surface area contributed by atoms with Gasteiger partial charge in [-0.15, -0.1) is 0 Å². The number of nitrogens with one attached hydrogen (secondary N) is 1. The highest BCUT2D eigenvalue weighted by molar-refractivity contribution is 7.08. The van der Waals surface area contributed by atoms with E-state index >= 15 is 0 Å². The normalized spacial score (nSPS) is 12.1. The molecule has 0 fully saturated rings. The second kappa shape index (κ2) is 7.85. The maximum absolute atomic E-state index is 12.5. The van der Waals surface area contributed by atoms with Crippen LogP contribution in [0.4, 0.5) is 0 Å². The molecule has 4 nitrogen and oxygen atoms in total. The molecule has 0 saturated heterocycles. The summed E-state index contributed by atoms with van der Waals surface area (Å²) in [7, 11) is 0. The largest absolute Gasteiger partial charge is 0.345 e. The van der Waals surface area contributed by atoms with Gasteiger partial charge in [0.1, 0.15) is 0 Å². The molecule has 0 aliphatic carbocycles. The monoisotopic (exact) mass is 373 g/mol. The fourth-order valence-corrected chi connectivity index (χ4v) is 3.61. The lowest BCUT2D eigenvalue weighted by molar-refractivity contribution is -0.121.